The van der Waals surface area contributed by atoms with Gasteiger partial charge in [0.2, 0.25) is 0 Å². The van der Waals surface area contributed by atoms with Crippen molar-refractivity contribution < 1.29 is 5.11 Å². The average molecular weight is 356 g/mol. The van der Waals surface area contributed by atoms with Crippen molar-refractivity contribution in [2.45, 2.75) is 19.1 Å². The van der Waals surface area contributed by atoms with Gasteiger partial charge in [-0.1, -0.05) is 12.1 Å². The first kappa shape index (κ1) is 11.4. The highest BCUT2D eigenvalue weighted by molar-refractivity contribution is 14.1. The molecule has 0 radical (unpaired) electrons. The highest BCUT2D eigenvalue weighted by Gasteiger charge is 2.15. The summed E-state index contributed by atoms with van der Waals surface area (Å²) in [5.41, 5.74) is 6.77. The number of aliphatic hydroxyl groups excluding tert-OH is 1. The maximum absolute atomic E-state index is 9.34. The third-order valence-electron chi connectivity index (χ3n) is 1.86. The number of hydrogen-bond donors (Lipinski definition) is 2. The molecule has 0 amide bonds. The van der Waals surface area contributed by atoms with E-state index in [1.54, 1.807) is 6.92 Å². The Balaban J connectivity index is 3.07. The van der Waals surface area contributed by atoms with E-state index in [-0.39, 0.29) is 6.04 Å². The lowest BCUT2D eigenvalue weighted by atomic mass is 10.0. The van der Waals surface area contributed by atoms with Gasteiger partial charge in [0.05, 0.1) is 12.1 Å². The molecule has 0 saturated heterocycles. The number of benzene rings is 1. The second-order valence-electron chi connectivity index (χ2n) is 2.91. The lowest BCUT2D eigenvalue weighted by molar-refractivity contribution is 0.164. The van der Waals surface area contributed by atoms with Crippen LogP contribution in [0, 0.1) is 3.57 Å². The standard InChI is InChI=1S/C9H11BrINO/c1-5(13)9(12)6-3-2-4-7(11)8(6)10/h2-5,9,13H,12H2,1H3. The van der Waals surface area contributed by atoms with Gasteiger partial charge in [0.25, 0.3) is 0 Å². The summed E-state index contributed by atoms with van der Waals surface area (Å²) in [6.45, 7) is 1.69. The average Bonchev–Trinajstić information content (AvgIpc) is 2.08. The van der Waals surface area contributed by atoms with Crippen molar-refractivity contribution in [1.29, 1.82) is 0 Å². The zero-order valence-electron chi connectivity index (χ0n) is 7.17. The van der Waals surface area contributed by atoms with E-state index in [1.165, 1.54) is 0 Å². The fraction of sp³-hybridized carbons (Fsp3) is 0.333. The highest BCUT2D eigenvalue weighted by atomic mass is 127. The molecule has 0 fully saturated rings. The zero-order chi connectivity index (χ0) is 10.0. The minimum Gasteiger partial charge on any atom is -0.391 e. The summed E-state index contributed by atoms with van der Waals surface area (Å²) in [4.78, 5) is 0. The first-order valence-corrected chi connectivity index (χ1v) is 5.78. The second-order valence-corrected chi connectivity index (χ2v) is 4.86. The lowest BCUT2D eigenvalue weighted by Gasteiger charge is -2.17. The largest absolute Gasteiger partial charge is 0.391 e. The van der Waals surface area contributed by atoms with Gasteiger partial charge in [0.1, 0.15) is 0 Å². The monoisotopic (exact) mass is 355 g/mol. The molecule has 0 bridgehead atoms. The number of aliphatic hydroxyl groups is 1. The van der Waals surface area contributed by atoms with E-state index >= 15 is 0 Å². The van der Waals surface area contributed by atoms with Crippen molar-refractivity contribution in [1.82, 2.24) is 0 Å². The quantitative estimate of drug-likeness (QED) is 0.800. The van der Waals surface area contributed by atoms with E-state index in [0.717, 1.165) is 13.6 Å². The maximum atomic E-state index is 9.34. The molecule has 1 aromatic rings. The molecule has 0 heterocycles. The molecule has 0 spiro atoms. The Kier molecular flexibility index (Phi) is 4.15. The third-order valence-corrected chi connectivity index (χ3v) is 4.39. The van der Waals surface area contributed by atoms with Crippen LogP contribution in [0.25, 0.3) is 0 Å². The van der Waals surface area contributed by atoms with Crippen LogP contribution >= 0.6 is 38.5 Å². The van der Waals surface area contributed by atoms with Gasteiger partial charge < -0.3 is 10.8 Å². The van der Waals surface area contributed by atoms with Crippen LogP contribution in [0.5, 0.6) is 0 Å². The summed E-state index contributed by atoms with van der Waals surface area (Å²) in [7, 11) is 0. The Bertz CT molecular complexity index is 304. The van der Waals surface area contributed by atoms with Crippen molar-refractivity contribution in [3.63, 3.8) is 0 Å². The molecule has 2 unspecified atom stereocenters. The van der Waals surface area contributed by atoms with E-state index in [2.05, 4.69) is 38.5 Å². The number of halogens is 2. The van der Waals surface area contributed by atoms with E-state index < -0.39 is 6.10 Å². The van der Waals surface area contributed by atoms with Gasteiger partial charge in [-0.3, -0.25) is 0 Å². The van der Waals surface area contributed by atoms with Crippen molar-refractivity contribution in [2.75, 3.05) is 0 Å². The van der Waals surface area contributed by atoms with Gasteiger partial charge in [-0.15, -0.1) is 0 Å². The van der Waals surface area contributed by atoms with Crippen LogP contribution in [0.4, 0.5) is 0 Å². The molecule has 72 valence electrons. The normalized spacial score (nSPS) is 15.5. The highest BCUT2D eigenvalue weighted by Crippen LogP contribution is 2.28. The first-order chi connectivity index (χ1) is 6.04. The van der Waals surface area contributed by atoms with Crippen molar-refractivity contribution >= 4 is 38.5 Å². The molecule has 0 aliphatic carbocycles. The lowest BCUT2D eigenvalue weighted by Crippen LogP contribution is -2.23. The fourth-order valence-corrected chi connectivity index (χ4v) is 2.09. The van der Waals surface area contributed by atoms with E-state index in [0.29, 0.717) is 0 Å². The Labute approximate surface area is 99.8 Å². The van der Waals surface area contributed by atoms with Crippen molar-refractivity contribution in [3.05, 3.63) is 31.8 Å². The second kappa shape index (κ2) is 4.72. The Hall–Kier alpha value is 0.350. The SMILES string of the molecule is CC(O)C(N)c1cccc(I)c1Br. The predicted molar refractivity (Wildman–Crippen MR) is 65.5 cm³/mol. The number of rotatable bonds is 2. The molecular formula is C9H11BrINO. The molecule has 13 heavy (non-hydrogen) atoms. The molecule has 0 aliphatic rings. The smallest absolute Gasteiger partial charge is 0.0705 e. The van der Waals surface area contributed by atoms with Crippen LogP contribution < -0.4 is 5.73 Å². The number of nitrogens with two attached hydrogens (primary N) is 1. The fourth-order valence-electron chi connectivity index (χ4n) is 1.04. The molecule has 4 heteroatoms. The van der Waals surface area contributed by atoms with Crippen LogP contribution in [0.1, 0.15) is 18.5 Å². The van der Waals surface area contributed by atoms with Crippen molar-refractivity contribution in [3.8, 4) is 0 Å². The summed E-state index contributed by atoms with van der Waals surface area (Å²) in [6.07, 6.45) is -0.533. The molecule has 0 aromatic heterocycles. The molecule has 2 nitrogen and oxygen atoms in total. The van der Waals surface area contributed by atoms with Gasteiger partial charge in [0.15, 0.2) is 0 Å². The molecule has 0 saturated carbocycles. The summed E-state index contributed by atoms with van der Waals surface area (Å²) >= 11 is 5.67. The Morgan fingerprint density at radius 2 is 2.15 bits per heavy atom. The van der Waals surface area contributed by atoms with Gasteiger partial charge in [0, 0.05) is 8.04 Å². The molecule has 1 aromatic carbocycles. The minimum atomic E-state index is -0.533. The van der Waals surface area contributed by atoms with Crippen LogP contribution in [-0.2, 0) is 0 Å². The molecule has 3 N–H and O–H groups in total. The van der Waals surface area contributed by atoms with E-state index in [4.69, 9.17) is 5.73 Å². The van der Waals surface area contributed by atoms with Crippen LogP contribution in [-0.4, -0.2) is 11.2 Å². The molecule has 0 aliphatic heterocycles. The molecule has 1 rings (SSSR count). The predicted octanol–water partition coefficient (Wildman–Crippen LogP) is 2.43. The zero-order valence-corrected chi connectivity index (χ0v) is 10.9. The van der Waals surface area contributed by atoms with Gasteiger partial charge >= 0.3 is 0 Å². The van der Waals surface area contributed by atoms with Crippen molar-refractivity contribution in [2.24, 2.45) is 5.73 Å². The minimum absolute atomic E-state index is 0.330. The van der Waals surface area contributed by atoms with E-state index in [1.807, 2.05) is 18.2 Å². The summed E-state index contributed by atoms with van der Waals surface area (Å²) in [5, 5.41) is 9.34. The van der Waals surface area contributed by atoms with Gasteiger partial charge in [-0.2, -0.15) is 0 Å². The Morgan fingerprint density at radius 3 is 2.69 bits per heavy atom. The molecular weight excluding hydrogens is 345 g/mol. The third kappa shape index (κ3) is 2.65. The first-order valence-electron chi connectivity index (χ1n) is 3.91. The van der Waals surface area contributed by atoms with E-state index in [9.17, 15) is 5.11 Å². The summed E-state index contributed by atoms with van der Waals surface area (Å²) < 4.78 is 2.08. The maximum Gasteiger partial charge on any atom is 0.0705 e. The van der Waals surface area contributed by atoms with Crippen LogP contribution in [0.2, 0.25) is 0 Å². The summed E-state index contributed by atoms with van der Waals surface area (Å²) in [6, 6.07) is 5.51. The topological polar surface area (TPSA) is 46.2 Å². The summed E-state index contributed by atoms with van der Waals surface area (Å²) in [5.74, 6) is 0. The Morgan fingerprint density at radius 1 is 1.54 bits per heavy atom. The van der Waals surface area contributed by atoms with Crippen LogP contribution in [0.3, 0.4) is 0 Å². The molecule has 2 atom stereocenters. The van der Waals surface area contributed by atoms with Gasteiger partial charge in [-0.05, 0) is 57.1 Å². The number of hydrogen-bond acceptors (Lipinski definition) is 2. The van der Waals surface area contributed by atoms with Gasteiger partial charge in [-0.25, -0.2) is 0 Å². The van der Waals surface area contributed by atoms with Crippen LogP contribution in [0.15, 0.2) is 22.7 Å².